The molecule has 1 N–H and O–H groups in total. The molecule has 0 aliphatic carbocycles. The first kappa shape index (κ1) is 17.0. The summed E-state index contributed by atoms with van der Waals surface area (Å²) in [6.45, 7) is 2.02. The summed E-state index contributed by atoms with van der Waals surface area (Å²) in [7, 11) is 4.17. The van der Waals surface area contributed by atoms with E-state index in [1.807, 2.05) is 25.2 Å². The summed E-state index contributed by atoms with van der Waals surface area (Å²) in [5.74, 6) is 0. The molecule has 0 saturated carbocycles. The van der Waals surface area contributed by atoms with Gasteiger partial charge < -0.3 is 10.2 Å². The van der Waals surface area contributed by atoms with Crippen LogP contribution in [0.25, 0.3) is 0 Å². The first-order valence-electron chi connectivity index (χ1n) is 6.92. The van der Waals surface area contributed by atoms with Crippen molar-refractivity contribution in [3.05, 3.63) is 55.6 Å². The molecule has 2 aromatic rings. The predicted octanol–water partition coefficient (Wildman–Crippen LogP) is 4.95. The summed E-state index contributed by atoms with van der Waals surface area (Å²) >= 11 is 11.4. The molecule has 0 fully saturated rings. The monoisotopic (exact) mass is 386 g/mol. The Morgan fingerprint density at radius 2 is 2.19 bits per heavy atom. The van der Waals surface area contributed by atoms with Crippen molar-refractivity contribution in [2.24, 2.45) is 0 Å². The van der Waals surface area contributed by atoms with E-state index in [1.165, 1.54) is 14.9 Å². The van der Waals surface area contributed by atoms with Crippen molar-refractivity contribution in [3.63, 3.8) is 0 Å². The number of thiophene rings is 1. The first-order valence-corrected chi connectivity index (χ1v) is 8.97. The van der Waals surface area contributed by atoms with Gasteiger partial charge in [0.05, 0.1) is 0 Å². The van der Waals surface area contributed by atoms with Gasteiger partial charge in [-0.2, -0.15) is 0 Å². The molecule has 1 aromatic carbocycles. The highest BCUT2D eigenvalue weighted by atomic mass is 79.9. The van der Waals surface area contributed by atoms with Crippen molar-refractivity contribution in [3.8, 4) is 0 Å². The van der Waals surface area contributed by atoms with Crippen LogP contribution in [0.2, 0.25) is 5.02 Å². The molecule has 0 saturated heterocycles. The molecule has 1 aromatic heterocycles. The van der Waals surface area contributed by atoms with Crippen molar-refractivity contribution >= 4 is 38.9 Å². The van der Waals surface area contributed by atoms with Gasteiger partial charge in [-0.05, 0) is 60.2 Å². The van der Waals surface area contributed by atoms with Crippen LogP contribution in [0.15, 0.2) is 40.2 Å². The average molecular weight is 388 g/mol. The molecule has 5 heteroatoms. The highest BCUT2D eigenvalue weighted by molar-refractivity contribution is 9.10. The maximum atomic E-state index is 6.08. The third kappa shape index (κ3) is 5.38. The van der Waals surface area contributed by atoms with Crippen LogP contribution >= 0.6 is 38.9 Å². The molecule has 0 spiro atoms. The minimum absolute atomic E-state index is 0.334. The van der Waals surface area contributed by atoms with Crippen molar-refractivity contribution in [2.75, 3.05) is 20.6 Å². The maximum absolute atomic E-state index is 6.08. The molecule has 21 heavy (non-hydrogen) atoms. The number of hydrogen-bond donors (Lipinski definition) is 1. The summed E-state index contributed by atoms with van der Waals surface area (Å²) in [6.07, 6.45) is 1.06. The number of halogens is 2. The van der Waals surface area contributed by atoms with Gasteiger partial charge in [-0.3, -0.25) is 0 Å². The van der Waals surface area contributed by atoms with Crippen molar-refractivity contribution in [1.82, 2.24) is 10.2 Å². The molecule has 0 amide bonds. The van der Waals surface area contributed by atoms with Gasteiger partial charge in [0.2, 0.25) is 0 Å². The Kier molecular flexibility index (Phi) is 6.71. The van der Waals surface area contributed by atoms with Crippen molar-refractivity contribution in [1.29, 1.82) is 0 Å². The van der Waals surface area contributed by atoms with Gasteiger partial charge >= 0.3 is 0 Å². The molecule has 2 nitrogen and oxygen atoms in total. The molecule has 0 radical (unpaired) electrons. The lowest BCUT2D eigenvalue weighted by Gasteiger charge is -2.21. The zero-order chi connectivity index (χ0) is 15.2. The topological polar surface area (TPSA) is 15.3 Å². The van der Waals surface area contributed by atoms with Crippen LogP contribution in [0.1, 0.15) is 22.9 Å². The van der Waals surface area contributed by atoms with E-state index in [-0.39, 0.29) is 0 Å². The summed E-state index contributed by atoms with van der Waals surface area (Å²) < 4.78 is 1.17. The van der Waals surface area contributed by atoms with E-state index in [9.17, 15) is 0 Å². The Morgan fingerprint density at radius 3 is 2.81 bits per heavy atom. The Bertz CT molecular complexity index is 573. The van der Waals surface area contributed by atoms with Gasteiger partial charge in [0.25, 0.3) is 0 Å². The van der Waals surface area contributed by atoms with Gasteiger partial charge in [0.1, 0.15) is 0 Å². The molecule has 114 valence electrons. The molecule has 1 atom stereocenters. The van der Waals surface area contributed by atoms with Crippen LogP contribution in [0.4, 0.5) is 0 Å². The first-order chi connectivity index (χ1) is 10.1. The second kappa shape index (κ2) is 8.30. The van der Waals surface area contributed by atoms with Crippen LogP contribution < -0.4 is 5.32 Å². The van der Waals surface area contributed by atoms with Crippen molar-refractivity contribution < 1.29 is 0 Å². The minimum atomic E-state index is 0.334. The molecule has 0 aliphatic rings. The van der Waals surface area contributed by atoms with E-state index in [0.717, 1.165) is 24.5 Å². The molecular weight excluding hydrogens is 368 g/mol. The van der Waals surface area contributed by atoms with Gasteiger partial charge in [-0.15, -0.1) is 11.3 Å². The lowest BCUT2D eigenvalue weighted by molar-refractivity contribution is 0.306. The summed E-state index contributed by atoms with van der Waals surface area (Å²) in [4.78, 5) is 3.74. The smallest absolute Gasteiger partial charge is 0.0409 e. The normalized spacial score (nSPS) is 12.8. The van der Waals surface area contributed by atoms with E-state index < -0.39 is 0 Å². The molecule has 0 bridgehead atoms. The largest absolute Gasteiger partial charge is 0.313 e. The second-order valence-corrected chi connectivity index (χ2v) is 7.50. The molecule has 1 unspecified atom stereocenters. The Morgan fingerprint density at radius 1 is 1.38 bits per heavy atom. The fraction of sp³-hybridized carbons (Fsp3) is 0.375. The van der Waals surface area contributed by atoms with Crippen LogP contribution in [-0.4, -0.2) is 25.5 Å². The lowest BCUT2D eigenvalue weighted by atomic mass is 10.0. The molecule has 2 rings (SSSR count). The average Bonchev–Trinajstić information content (AvgIpc) is 2.85. The zero-order valence-electron chi connectivity index (χ0n) is 12.3. The lowest BCUT2D eigenvalue weighted by Crippen LogP contribution is -2.25. The van der Waals surface area contributed by atoms with Gasteiger partial charge in [-0.1, -0.05) is 23.7 Å². The van der Waals surface area contributed by atoms with E-state index >= 15 is 0 Å². The third-order valence-electron chi connectivity index (χ3n) is 3.45. The van der Waals surface area contributed by atoms with Crippen LogP contribution in [-0.2, 0) is 6.54 Å². The number of benzene rings is 1. The Hall–Kier alpha value is -0.390. The quantitative estimate of drug-likeness (QED) is 0.723. The highest BCUT2D eigenvalue weighted by Gasteiger charge is 2.11. The van der Waals surface area contributed by atoms with E-state index in [4.69, 9.17) is 11.6 Å². The van der Waals surface area contributed by atoms with E-state index in [2.05, 4.69) is 50.7 Å². The van der Waals surface area contributed by atoms with Gasteiger partial charge in [0.15, 0.2) is 0 Å². The third-order valence-corrected chi connectivity index (χ3v) is 5.36. The van der Waals surface area contributed by atoms with Crippen molar-refractivity contribution in [2.45, 2.75) is 19.0 Å². The van der Waals surface area contributed by atoms with Gasteiger partial charge in [0, 0.05) is 38.9 Å². The fourth-order valence-corrected chi connectivity index (χ4v) is 4.06. The standard InChI is InChI=1S/C16H20BrClN2S/c1-19-16(12-4-3-5-14(18)8-12)6-7-20(2)10-15-9-13(17)11-21-15/h3-5,8-9,11,16,19H,6-7,10H2,1-2H3. The maximum Gasteiger partial charge on any atom is 0.0409 e. The summed E-state index contributed by atoms with van der Waals surface area (Å²) in [6, 6.07) is 10.6. The Labute approximate surface area is 144 Å². The second-order valence-electron chi connectivity index (χ2n) is 5.15. The molecule has 0 aliphatic heterocycles. The number of rotatable bonds is 7. The molecular formula is C16H20BrClN2S. The van der Waals surface area contributed by atoms with Crippen LogP contribution in [0.3, 0.4) is 0 Å². The number of nitrogens with zero attached hydrogens (tertiary/aromatic N) is 1. The minimum Gasteiger partial charge on any atom is -0.313 e. The summed E-state index contributed by atoms with van der Waals surface area (Å²) in [5, 5.41) is 6.31. The number of nitrogens with one attached hydrogen (secondary N) is 1. The SMILES string of the molecule is CNC(CCN(C)Cc1cc(Br)cs1)c1cccc(Cl)c1. The molecule has 1 heterocycles. The highest BCUT2D eigenvalue weighted by Crippen LogP contribution is 2.23. The fourth-order valence-electron chi connectivity index (χ4n) is 2.33. The van der Waals surface area contributed by atoms with Crippen LogP contribution in [0.5, 0.6) is 0 Å². The Balaban J connectivity index is 1.87. The number of hydrogen-bond acceptors (Lipinski definition) is 3. The van der Waals surface area contributed by atoms with Crippen LogP contribution in [0, 0.1) is 0 Å². The predicted molar refractivity (Wildman–Crippen MR) is 96.2 cm³/mol. The van der Waals surface area contributed by atoms with Gasteiger partial charge in [-0.25, -0.2) is 0 Å². The van der Waals surface area contributed by atoms with E-state index in [1.54, 1.807) is 11.3 Å². The summed E-state index contributed by atoms with van der Waals surface area (Å²) in [5.41, 5.74) is 1.25. The van der Waals surface area contributed by atoms with E-state index in [0.29, 0.717) is 6.04 Å². The zero-order valence-corrected chi connectivity index (χ0v) is 15.4.